The van der Waals surface area contributed by atoms with Crippen molar-refractivity contribution in [2.45, 2.75) is 25.4 Å². The molecule has 2 aromatic carbocycles. The van der Waals surface area contributed by atoms with Crippen LogP contribution in [0.3, 0.4) is 0 Å². The van der Waals surface area contributed by atoms with Gasteiger partial charge in [0.05, 0.1) is 13.7 Å². The number of H-pyrrole nitrogens is 1. The lowest BCUT2D eigenvalue weighted by Crippen LogP contribution is -2.37. The van der Waals surface area contributed by atoms with E-state index in [0.717, 1.165) is 27.7 Å². The monoisotopic (exact) mass is 479 g/mol. The molecule has 0 unspecified atom stereocenters. The fourth-order valence-electron chi connectivity index (χ4n) is 4.78. The molecule has 0 fully saturated rings. The fourth-order valence-corrected chi connectivity index (χ4v) is 4.78. The predicted molar refractivity (Wildman–Crippen MR) is 126 cm³/mol. The van der Waals surface area contributed by atoms with Crippen molar-refractivity contribution >= 4 is 5.78 Å². The SMILES string of the molecule is COc1c2c(cc3c1[C@@H](CC(=O)c1c(O)n(Cc4ccccc4)c(=O)[nH]c1=O)N(C)CC3)OCO2. The Kier molecular flexibility index (Phi) is 5.81. The third kappa shape index (κ3) is 3.95. The van der Waals surface area contributed by atoms with Gasteiger partial charge >= 0.3 is 5.69 Å². The molecule has 0 saturated carbocycles. The van der Waals surface area contributed by atoms with Crippen LogP contribution in [0.1, 0.15) is 39.5 Å². The first-order valence-corrected chi connectivity index (χ1v) is 11.2. The van der Waals surface area contributed by atoms with Crippen LogP contribution in [0.25, 0.3) is 0 Å². The number of nitrogens with one attached hydrogen (secondary N) is 1. The Bertz CT molecular complexity index is 1410. The zero-order valence-corrected chi connectivity index (χ0v) is 19.4. The number of aromatic hydroxyl groups is 1. The molecule has 0 aliphatic carbocycles. The van der Waals surface area contributed by atoms with Crippen molar-refractivity contribution in [3.8, 4) is 23.1 Å². The maximum atomic E-state index is 13.4. The molecule has 3 aromatic rings. The smallest absolute Gasteiger partial charge is 0.331 e. The van der Waals surface area contributed by atoms with Gasteiger partial charge in [0.25, 0.3) is 5.56 Å². The summed E-state index contributed by atoms with van der Waals surface area (Å²) in [5.41, 5.74) is 0.333. The van der Waals surface area contributed by atoms with Gasteiger partial charge in [0.15, 0.2) is 17.3 Å². The molecule has 10 heteroatoms. The first-order valence-electron chi connectivity index (χ1n) is 11.2. The highest BCUT2D eigenvalue weighted by Gasteiger charge is 2.36. The summed E-state index contributed by atoms with van der Waals surface area (Å²) < 4.78 is 17.8. The minimum atomic E-state index is -0.918. The van der Waals surface area contributed by atoms with Crippen LogP contribution in [-0.4, -0.2) is 52.8 Å². The normalized spacial score (nSPS) is 16.7. The van der Waals surface area contributed by atoms with Crippen molar-refractivity contribution in [2.75, 3.05) is 27.5 Å². The van der Waals surface area contributed by atoms with Gasteiger partial charge in [-0.25, -0.2) is 4.79 Å². The number of ketones is 1. The summed E-state index contributed by atoms with van der Waals surface area (Å²) in [5.74, 6) is 0.332. The molecule has 182 valence electrons. The third-order valence-electron chi connectivity index (χ3n) is 6.56. The first kappa shape index (κ1) is 22.7. The van der Waals surface area contributed by atoms with Crippen molar-refractivity contribution < 1.29 is 24.1 Å². The van der Waals surface area contributed by atoms with Crippen LogP contribution < -0.4 is 25.5 Å². The lowest BCUT2D eigenvalue weighted by molar-refractivity contribution is 0.0919. The molecule has 0 amide bonds. The van der Waals surface area contributed by atoms with Crippen LogP contribution in [0.15, 0.2) is 46.0 Å². The van der Waals surface area contributed by atoms with E-state index in [0.29, 0.717) is 23.8 Å². The summed E-state index contributed by atoms with van der Waals surface area (Å²) in [5, 5.41) is 10.8. The van der Waals surface area contributed by atoms with E-state index in [9.17, 15) is 19.5 Å². The number of ether oxygens (including phenoxy) is 3. The van der Waals surface area contributed by atoms with Gasteiger partial charge in [-0.2, -0.15) is 0 Å². The van der Waals surface area contributed by atoms with E-state index in [-0.39, 0.29) is 19.8 Å². The van der Waals surface area contributed by atoms with Crippen molar-refractivity contribution in [1.29, 1.82) is 0 Å². The standard InChI is InChI=1S/C25H25N3O7/c1-27-9-8-15-10-18-21(35-13-34-18)22(33-2)19(15)16(27)11-17(29)20-23(30)26-25(32)28(24(20)31)12-14-6-4-3-5-7-14/h3-7,10,16,31H,8-9,11-13H2,1-2H3,(H,26,30,32)/t16-/m1/s1. The molecule has 2 aliphatic rings. The van der Waals surface area contributed by atoms with E-state index >= 15 is 0 Å². The number of hydrogen-bond acceptors (Lipinski definition) is 8. The predicted octanol–water partition coefficient (Wildman–Crippen LogP) is 1.83. The molecule has 3 heterocycles. The van der Waals surface area contributed by atoms with E-state index in [4.69, 9.17) is 14.2 Å². The van der Waals surface area contributed by atoms with Gasteiger partial charge in [0, 0.05) is 24.6 Å². The maximum absolute atomic E-state index is 13.4. The molecule has 0 spiro atoms. The van der Waals surface area contributed by atoms with Gasteiger partial charge < -0.3 is 19.3 Å². The number of hydrogen-bond donors (Lipinski definition) is 2. The number of fused-ring (bicyclic) bond motifs is 2. The van der Waals surface area contributed by atoms with Gasteiger partial charge in [-0.3, -0.25) is 24.0 Å². The fraction of sp³-hybridized carbons (Fsp3) is 0.320. The molecular weight excluding hydrogens is 454 g/mol. The Morgan fingerprint density at radius 2 is 2.00 bits per heavy atom. The largest absolute Gasteiger partial charge is 0.494 e. The average Bonchev–Trinajstić information content (AvgIpc) is 3.31. The Hall–Kier alpha value is -4.05. The van der Waals surface area contributed by atoms with Crippen molar-refractivity contribution in [1.82, 2.24) is 14.5 Å². The zero-order valence-electron chi connectivity index (χ0n) is 19.4. The lowest BCUT2D eigenvalue weighted by Gasteiger charge is -2.35. The molecule has 10 nitrogen and oxygen atoms in total. The molecule has 0 radical (unpaired) electrons. The number of aromatic nitrogens is 2. The number of aromatic amines is 1. The second kappa shape index (κ2) is 8.95. The van der Waals surface area contributed by atoms with E-state index in [1.807, 2.05) is 24.1 Å². The van der Waals surface area contributed by atoms with E-state index < -0.39 is 34.5 Å². The van der Waals surface area contributed by atoms with Crippen LogP contribution >= 0.6 is 0 Å². The van der Waals surface area contributed by atoms with Crippen LogP contribution in [0.4, 0.5) is 0 Å². The lowest BCUT2D eigenvalue weighted by atomic mass is 9.87. The molecule has 35 heavy (non-hydrogen) atoms. The zero-order chi connectivity index (χ0) is 24.7. The topological polar surface area (TPSA) is 123 Å². The Morgan fingerprint density at radius 1 is 1.23 bits per heavy atom. The average molecular weight is 479 g/mol. The Balaban J connectivity index is 1.53. The van der Waals surface area contributed by atoms with E-state index in [2.05, 4.69) is 4.98 Å². The first-order chi connectivity index (χ1) is 16.9. The van der Waals surface area contributed by atoms with Gasteiger partial charge in [-0.05, 0) is 30.7 Å². The summed E-state index contributed by atoms with van der Waals surface area (Å²) in [6, 6.07) is 10.4. The van der Waals surface area contributed by atoms with Gasteiger partial charge in [0.1, 0.15) is 5.56 Å². The summed E-state index contributed by atoms with van der Waals surface area (Å²) in [6.45, 7) is 0.760. The number of rotatable bonds is 6. The van der Waals surface area contributed by atoms with Crippen LogP contribution in [-0.2, 0) is 13.0 Å². The molecule has 0 saturated heterocycles. The molecule has 1 aromatic heterocycles. The van der Waals surface area contributed by atoms with Gasteiger partial charge in [-0.15, -0.1) is 0 Å². The Morgan fingerprint density at radius 3 is 2.74 bits per heavy atom. The quantitative estimate of drug-likeness (QED) is 0.514. The number of nitrogens with zero attached hydrogens (tertiary/aromatic N) is 2. The summed E-state index contributed by atoms with van der Waals surface area (Å²) in [4.78, 5) is 42.7. The highest BCUT2D eigenvalue weighted by atomic mass is 16.7. The summed E-state index contributed by atoms with van der Waals surface area (Å²) in [7, 11) is 3.41. The van der Waals surface area contributed by atoms with Gasteiger partial charge in [0.2, 0.25) is 18.4 Å². The van der Waals surface area contributed by atoms with Crippen LogP contribution in [0.2, 0.25) is 0 Å². The molecule has 0 bridgehead atoms. The molecule has 5 rings (SSSR count). The highest BCUT2D eigenvalue weighted by molar-refractivity contribution is 5.98. The van der Waals surface area contributed by atoms with Crippen LogP contribution in [0.5, 0.6) is 23.1 Å². The molecular formula is C25H25N3O7. The highest BCUT2D eigenvalue weighted by Crippen LogP contribution is 2.50. The minimum Gasteiger partial charge on any atom is -0.494 e. The van der Waals surface area contributed by atoms with E-state index in [1.165, 1.54) is 7.11 Å². The van der Waals surface area contributed by atoms with Crippen molar-refractivity contribution in [2.24, 2.45) is 0 Å². The third-order valence-corrected chi connectivity index (χ3v) is 6.56. The maximum Gasteiger partial charge on any atom is 0.331 e. The summed E-state index contributed by atoms with van der Waals surface area (Å²) in [6.07, 6.45) is 0.608. The minimum absolute atomic E-state index is 0.00598. The van der Waals surface area contributed by atoms with E-state index in [1.54, 1.807) is 24.3 Å². The van der Waals surface area contributed by atoms with Crippen LogP contribution in [0, 0.1) is 0 Å². The van der Waals surface area contributed by atoms with Crippen molar-refractivity contribution in [3.63, 3.8) is 0 Å². The number of Topliss-reactive ketones (excluding diaryl/α,β-unsaturated/α-hetero) is 1. The molecule has 2 N–H and O–H groups in total. The second-order valence-electron chi connectivity index (χ2n) is 8.62. The number of carbonyl (C=O) groups excluding carboxylic acids is 1. The number of benzene rings is 2. The molecule has 2 aliphatic heterocycles. The van der Waals surface area contributed by atoms with Gasteiger partial charge in [-0.1, -0.05) is 30.3 Å². The Labute approximate surface area is 200 Å². The summed E-state index contributed by atoms with van der Waals surface area (Å²) >= 11 is 0. The van der Waals surface area contributed by atoms with Crippen molar-refractivity contribution in [3.05, 3.63) is 79.5 Å². The number of carbonyl (C=O) groups is 1. The number of methoxy groups -OCH3 is 1. The number of likely N-dealkylation sites (N-methyl/N-ethyl adjacent to an activating group) is 1. The molecule has 1 atom stereocenters. The second-order valence-corrected chi connectivity index (χ2v) is 8.62.